The number of benzene rings is 2. The Kier molecular flexibility index (Phi) is 4.94. The number of hydrogen-bond acceptors (Lipinski definition) is 6. The number of fused-ring (bicyclic) bond motifs is 1. The van der Waals surface area contributed by atoms with Crippen molar-refractivity contribution in [1.29, 1.82) is 5.26 Å². The number of ether oxygens (including phenoxy) is 3. The van der Waals surface area contributed by atoms with Crippen molar-refractivity contribution in [2.45, 2.75) is 0 Å². The lowest BCUT2D eigenvalue weighted by Crippen LogP contribution is -1.98. The molecule has 1 N–H and O–H groups in total. The van der Waals surface area contributed by atoms with Gasteiger partial charge in [-0.1, -0.05) is 29.8 Å². The van der Waals surface area contributed by atoms with E-state index in [0.717, 1.165) is 0 Å². The fourth-order valence-corrected chi connectivity index (χ4v) is 3.21. The third-order valence-electron chi connectivity index (χ3n) is 4.31. The van der Waals surface area contributed by atoms with Gasteiger partial charge in [-0.3, -0.25) is 0 Å². The first-order valence-electron chi connectivity index (χ1n) is 8.58. The second-order valence-electron chi connectivity index (χ2n) is 5.99. The van der Waals surface area contributed by atoms with Gasteiger partial charge in [-0.2, -0.15) is 15.2 Å². The Morgan fingerprint density at radius 3 is 2.45 bits per heavy atom. The Balaban J connectivity index is 1.95. The molecule has 4 aromatic rings. The largest absolute Gasteiger partial charge is 0.493 e. The van der Waals surface area contributed by atoms with Crippen molar-refractivity contribution >= 4 is 22.6 Å². The number of aromatic nitrogens is 3. The predicted octanol–water partition coefficient (Wildman–Crippen LogP) is 4.96. The molecule has 7 nitrogen and oxygen atoms in total. The van der Waals surface area contributed by atoms with Crippen LogP contribution in [0.1, 0.15) is 5.56 Å². The van der Waals surface area contributed by atoms with Gasteiger partial charge in [0.1, 0.15) is 17.5 Å². The van der Waals surface area contributed by atoms with Gasteiger partial charge in [0.25, 0.3) is 0 Å². The Morgan fingerprint density at radius 1 is 1.03 bits per heavy atom. The molecule has 29 heavy (non-hydrogen) atoms. The molecule has 0 aliphatic heterocycles. The number of hydrogen-bond donors (Lipinski definition) is 1. The van der Waals surface area contributed by atoms with Crippen LogP contribution in [0.25, 0.3) is 22.3 Å². The molecule has 0 saturated heterocycles. The number of para-hydroxylation sites is 1. The second kappa shape index (κ2) is 7.70. The van der Waals surface area contributed by atoms with Gasteiger partial charge in [0.15, 0.2) is 11.5 Å². The van der Waals surface area contributed by atoms with Crippen molar-refractivity contribution in [3.63, 3.8) is 0 Å². The summed E-state index contributed by atoms with van der Waals surface area (Å²) >= 11 is 6.52. The molecule has 0 aliphatic carbocycles. The van der Waals surface area contributed by atoms with E-state index in [1.165, 1.54) is 14.2 Å². The van der Waals surface area contributed by atoms with Crippen LogP contribution in [0.3, 0.4) is 0 Å². The molecule has 0 fully saturated rings. The highest BCUT2D eigenvalue weighted by Gasteiger charge is 2.20. The number of rotatable bonds is 5. The van der Waals surface area contributed by atoms with Gasteiger partial charge in [0, 0.05) is 17.8 Å². The number of methoxy groups -OCH3 is 2. The smallest absolute Gasteiger partial charge is 0.324 e. The maximum absolute atomic E-state index is 9.52. The predicted molar refractivity (Wildman–Crippen MR) is 109 cm³/mol. The highest BCUT2D eigenvalue weighted by Crippen LogP contribution is 2.41. The van der Waals surface area contributed by atoms with E-state index in [2.05, 4.69) is 21.0 Å². The normalized spacial score (nSPS) is 10.6. The zero-order valence-electron chi connectivity index (χ0n) is 15.6. The summed E-state index contributed by atoms with van der Waals surface area (Å²) in [6.45, 7) is 0. The SMILES string of the molecule is COc1cc(Cl)c(-c2nc(Oc3ccccc3)nc3[nH]cc(C#N)c23)cc1OC. The molecule has 0 saturated carbocycles. The van der Waals surface area contributed by atoms with Gasteiger partial charge >= 0.3 is 6.01 Å². The third kappa shape index (κ3) is 3.42. The summed E-state index contributed by atoms with van der Waals surface area (Å²) in [7, 11) is 3.06. The van der Waals surface area contributed by atoms with Crippen LogP contribution in [0.15, 0.2) is 48.7 Å². The van der Waals surface area contributed by atoms with Gasteiger partial charge in [-0.25, -0.2) is 0 Å². The maximum Gasteiger partial charge on any atom is 0.324 e. The molecule has 2 aromatic carbocycles. The first kappa shape index (κ1) is 18.6. The Morgan fingerprint density at radius 2 is 1.76 bits per heavy atom. The molecule has 0 radical (unpaired) electrons. The van der Waals surface area contributed by atoms with Crippen LogP contribution in [0, 0.1) is 11.3 Å². The minimum absolute atomic E-state index is 0.121. The minimum Gasteiger partial charge on any atom is -0.493 e. The average molecular weight is 407 g/mol. The number of H-pyrrole nitrogens is 1. The summed E-state index contributed by atoms with van der Waals surface area (Å²) in [6, 6.07) is 14.8. The number of halogens is 1. The maximum atomic E-state index is 9.52. The van der Waals surface area contributed by atoms with E-state index >= 15 is 0 Å². The Bertz CT molecular complexity index is 1230. The number of nitrogens with one attached hydrogen (secondary N) is 1. The molecule has 0 amide bonds. The van der Waals surface area contributed by atoms with Crippen molar-refractivity contribution in [3.05, 3.63) is 59.2 Å². The highest BCUT2D eigenvalue weighted by molar-refractivity contribution is 6.34. The van der Waals surface area contributed by atoms with E-state index in [1.54, 1.807) is 30.5 Å². The van der Waals surface area contributed by atoms with E-state index < -0.39 is 0 Å². The molecule has 0 bridgehead atoms. The number of nitrogens with zero attached hydrogens (tertiary/aromatic N) is 3. The summed E-state index contributed by atoms with van der Waals surface area (Å²) in [5, 5.41) is 10.4. The van der Waals surface area contributed by atoms with E-state index in [4.69, 9.17) is 25.8 Å². The Hall–Kier alpha value is -3.76. The van der Waals surface area contributed by atoms with Crippen LogP contribution in [0.5, 0.6) is 23.3 Å². The first-order valence-corrected chi connectivity index (χ1v) is 8.96. The molecular formula is C21H15ClN4O3. The van der Waals surface area contributed by atoms with Gasteiger partial charge < -0.3 is 19.2 Å². The van der Waals surface area contributed by atoms with E-state index in [0.29, 0.717) is 50.1 Å². The van der Waals surface area contributed by atoms with Gasteiger partial charge in [-0.05, 0) is 18.2 Å². The van der Waals surface area contributed by atoms with Gasteiger partial charge in [0.2, 0.25) is 0 Å². The molecule has 0 atom stereocenters. The molecule has 0 unspecified atom stereocenters. The molecule has 8 heteroatoms. The molecule has 0 spiro atoms. The summed E-state index contributed by atoms with van der Waals surface area (Å²) in [5.41, 5.74) is 1.87. The lowest BCUT2D eigenvalue weighted by Gasteiger charge is -2.13. The van der Waals surface area contributed by atoms with Crippen LogP contribution >= 0.6 is 11.6 Å². The van der Waals surface area contributed by atoms with Gasteiger partial charge in [-0.15, -0.1) is 0 Å². The van der Waals surface area contributed by atoms with Crippen LogP contribution in [-0.4, -0.2) is 29.2 Å². The quantitative estimate of drug-likeness (QED) is 0.503. The molecule has 144 valence electrons. The van der Waals surface area contributed by atoms with Crippen molar-refractivity contribution in [2.24, 2.45) is 0 Å². The van der Waals surface area contributed by atoms with E-state index in [-0.39, 0.29) is 6.01 Å². The fraction of sp³-hybridized carbons (Fsp3) is 0.0952. The Labute approximate surface area is 171 Å². The lowest BCUT2D eigenvalue weighted by atomic mass is 10.1. The highest BCUT2D eigenvalue weighted by atomic mass is 35.5. The first-order chi connectivity index (χ1) is 14.1. The number of nitriles is 1. The zero-order valence-corrected chi connectivity index (χ0v) is 16.3. The van der Waals surface area contributed by atoms with Crippen LogP contribution in [0.4, 0.5) is 0 Å². The average Bonchev–Trinajstić information content (AvgIpc) is 3.17. The third-order valence-corrected chi connectivity index (χ3v) is 4.62. The van der Waals surface area contributed by atoms with Crippen molar-refractivity contribution in [1.82, 2.24) is 15.0 Å². The minimum atomic E-state index is 0.121. The molecule has 4 rings (SSSR count). The van der Waals surface area contributed by atoms with Crippen LogP contribution < -0.4 is 14.2 Å². The molecule has 2 heterocycles. The van der Waals surface area contributed by atoms with Crippen molar-refractivity contribution in [3.8, 4) is 40.6 Å². The topological polar surface area (TPSA) is 93.0 Å². The van der Waals surface area contributed by atoms with Gasteiger partial charge in [0.05, 0.1) is 35.9 Å². The van der Waals surface area contributed by atoms with Crippen LogP contribution in [-0.2, 0) is 0 Å². The summed E-state index contributed by atoms with van der Waals surface area (Å²) in [4.78, 5) is 11.9. The summed E-state index contributed by atoms with van der Waals surface area (Å²) in [5.74, 6) is 1.56. The summed E-state index contributed by atoms with van der Waals surface area (Å²) in [6.07, 6.45) is 1.57. The standard InChI is InChI=1S/C21H15ClN4O3/c1-27-16-8-14(15(22)9-17(16)28-2)19-18-12(10-23)11-24-20(18)26-21(25-19)29-13-6-4-3-5-7-13/h3-9,11H,1-2H3,(H,24,25,26). The zero-order chi connectivity index (χ0) is 20.4. The molecular weight excluding hydrogens is 392 g/mol. The van der Waals surface area contributed by atoms with E-state index in [9.17, 15) is 5.26 Å². The van der Waals surface area contributed by atoms with Crippen LogP contribution in [0.2, 0.25) is 5.02 Å². The summed E-state index contributed by atoms with van der Waals surface area (Å²) < 4.78 is 16.5. The monoisotopic (exact) mass is 406 g/mol. The van der Waals surface area contributed by atoms with E-state index in [1.807, 2.05) is 18.2 Å². The van der Waals surface area contributed by atoms with Crippen molar-refractivity contribution in [2.75, 3.05) is 14.2 Å². The number of aromatic amines is 1. The fourth-order valence-electron chi connectivity index (χ4n) is 2.97. The molecule has 2 aromatic heterocycles. The lowest BCUT2D eigenvalue weighted by molar-refractivity contribution is 0.355. The second-order valence-corrected chi connectivity index (χ2v) is 6.40. The van der Waals surface area contributed by atoms with Crippen molar-refractivity contribution < 1.29 is 14.2 Å². The molecule has 0 aliphatic rings.